The summed E-state index contributed by atoms with van der Waals surface area (Å²) in [6.45, 7) is 5.35. The van der Waals surface area contributed by atoms with Crippen LogP contribution in [0.4, 0.5) is 0 Å². The Hall–Kier alpha value is -2.01. The number of hydrogen-bond donors (Lipinski definition) is 0. The van der Waals surface area contributed by atoms with Gasteiger partial charge in [0.2, 0.25) is 0 Å². The zero-order valence-electron chi connectivity index (χ0n) is 14.0. The number of carbonyl (C=O) groups excluding carboxylic acids is 1. The Balaban J connectivity index is 1.59. The number of amides is 1. The molecule has 1 amide bonds. The van der Waals surface area contributed by atoms with E-state index in [1.54, 1.807) is 11.3 Å². The van der Waals surface area contributed by atoms with Gasteiger partial charge in [0.1, 0.15) is 13.2 Å². The van der Waals surface area contributed by atoms with E-state index in [1.807, 2.05) is 35.2 Å². The van der Waals surface area contributed by atoms with Crippen molar-refractivity contribution in [1.82, 2.24) is 4.90 Å². The average Bonchev–Trinajstić information content (AvgIpc) is 3.28. The minimum Gasteiger partial charge on any atom is -0.486 e. The highest BCUT2D eigenvalue weighted by Gasteiger charge is 2.35. The molecule has 0 unspecified atom stereocenters. The number of rotatable bonds is 4. The van der Waals surface area contributed by atoms with Crippen LogP contribution in [0.25, 0.3) is 10.4 Å². The Labute approximate surface area is 146 Å². The fourth-order valence-electron chi connectivity index (χ4n) is 3.11. The first-order chi connectivity index (χ1) is 11.6. The standard InChI is InChI=1S/C19H21NO3S/c1-12(2)20(14-4-5-14)19(21)18-8-7-17(24-18)13-3-6-15-16(11-13)23-10-9-22-15/h3,6-8,11-12,14H,4-5,9-10H2,1-2H3. The number of ether oxygens (including phenoxy) is 2. The van der Waals surface area contributed by atoms with Crippen molar-refractivity contribution in [3.63, 3.8) is 0 Å². The minimum atomic E-state index is 0.154. The summed E-state index contributed by atoms with van der Waals surface area (Å²) in [7, 11) is 0. The van der Waals surface area contributed by atoms with Gasteiger partial charge in [0, 0.05) is 17.0 Å². The zero-order chi connectivity index (χ0) is 16.7. The van der Waals surface area contributed by atoms with Crippen molar-refractivity contribution in [2.45, 2.75) is 38.8 Å². The summed E-state index contributed by atoms with van der Waals surface area (Å²) in [4.78, 5) is 16.7. The van der Waals surface area contributed by atoms with Crippen LogP contribution in [0.5, 0.6) is 11.5 Å². The number of fused-ring (bicyclic) bond motifs is 1. The third-order valence-corrected chi connectivity index (χ3v) is 5.50. The van der Waals surface area contributed by atoms with Crippen LogP contribution in [-0.4, -0.2) is 36.1 Å². The molecule has 4 rings (SSSR count). The molecule has 1 fully saturated rings. The monoisotopic (exact) mass is 343 g/mol. The van der Waals surface area contributed by atoms with Crippen LogP contribution in [0.15, 0.2) is 30.3 Å². The number of hydrogen-bond acceptors (Lipinski definition) is 4. The smallest absolute Gasteiger partial charge is 0.264 e. The van der Waals surface area contributed by atoms with Crippen molar-refractivity contribution in [3.8, 4) is 21.9 Å². The fourth-order valence-corrected chi connectivity index (χ4v) is 4.05. The van der Waals surface area contributed by atoms with Crippen LogP contribution in [0.2, 0.25) is 0 Å². The second-order valence-corrected chi connectivity index (χ2v) is 7.64. The van der Waals surface area contributed by atoms with Crippen LogP contribution < -0.4 is 9.47 Å². The molecule has 0 radical (unpaired) electrons. The molecular formula is C19H21NO3S. The van der Waals surface area contributed by atoms with Crippen molar-refractivity contribution >= 4 is 17.2 Å². The van der Waals surface area contributed by atoms with Gasteiger partial charge in [-0.2, -0.15) is 0 Å². The summed E-state index contributed by atoms with van der Waals surface area (Å²) < 4.78 is 11.2. The van der Waals surface area contributed by atoms with Crippen molar-refractivity contribution in [3.05, 3.63) is 35.2 Å². The van der Waals surface area contributed by atoms with Gasteiger partial charge in [-0.3, -0.25) is 4.79 Å². The van der Waals surface area contributed by atoms with Crippen molar-refractivity contribution in [2.75, 3.05) is 13.2 Å². The molecule has 1 aliphatic carbocycles. The molecule has 1 aromatic carbocycles. The molecule has 24 heavy (non-hydrogen) atoms. The molecule has 0 saturated heterocycles. The van der Waals surface area contributed by atoms with Gasteiger partial charge in [-0.1, -0.05) is 0 Å². The lowest BCUT2D eigenvalue weighted by atomic mass is 10.1. The Kier molecular flexibility index (Phi) is 3.96. The molecule has 0 spiro atoms. The van der Waals surface area contributed by atoms with E-state index in [-0.39, 0.29) is 11.9 Å². The third-order valence-electron chi connectivity index (χ3n) is 4.37. The maximum absolute atomic E-state index is 12.8. The minimum absolute atomic E-state index is 0.154. The number of nitrogens with zero attached hydrogens (tertiary/aromatic N) is 1. The molecule has 4 nitrogen and oxygen atoms in total. The largest absolute Gasteiger partial charge is 0.486 e. The first kappa shape index (κ1) is 15.5. The van der Waals surface area contributed by atoms with E-state index in [1.165, 1.54) is 0 Å². The molecule has 5 heteroatoms. The van der Waals surface area contributed by atoms with Gasteiger partial charge in [0.05, 0.1) is 4.88 Å². The topological polar surface area (TPSA) is 38.8 Å². The Morgan fingerprint density at radius 1 is 1.12 bits per heavy atom. The van der Waals surface area contributed by atoms with Gasteiger partial charge in [-0.15, -0.1) is 11.3 Å². The van der Waals surface area contributed by atoms with Gasteiger partial charge >= 0.3 is 0 Å². The van der Waals surface area contributed by atoms with Gasteiger partial charge in [0.25, 0.3) is 5.91 Å². The molecule has 1 saturated carbocycles. The Bertz CT molecular complexity index is 762. The molecule has 0 atom stereocenters. The molecule has 2 heterocycles. The SMILES string of the molecule is CC(C)N(C(=O)c1ccc(-c2ccc3c(c2)OCCO3)s1)C1CC1. The highest BCUT2D eigenvalue weighted by atomic mass is 32.1. The number of carbonyl (C=O) groups is 1. The molecule has 2 aliphatic rings. The number of thiophene rings is 1. The quantitative estimate of drug-likeness (QED) is 0.835. The summed E-state index contributed by atoms with van der Waals surface area (Å²) in [5, 5.41) is 0. The third kappa shape index (κ3) is 2.88. The lowest BCUT2D eigenvalue weighted by molar-refractivity contribution is 0.0695. The Morgan fingerprint density at radius 2 is 1.88 bits per heavy atom. The lowest BCUT2D eigenvalue weighted by Crippen LogP contribution is -2.38. The average molecular weight is 343 g/mol. The second kappa shape index (κ2) is 6.13. The van der Waals surface area contributed by atoms with Gasteiger partial charge in [-0.05, 0) is 62.6 Å². The lowest BCUT2D eigenvalue weighted by Gasteiger charge is -2.26. The van der Waals surface area contributed by atoms with E-state index in [0.29, 0.717) is 19.3 Å². The van der Waals surface area contributed by atoms with E-state index in [4.69, 9.17) is 9.47 Å². The molecule has 126 valence electrons. The zero-order valence-corrected chi connectivity index (χ0v) is 14.8. The fraction of sp³-hybridized carbons (Fsp3) is 0.421. The van der Waals surface area contributed by atoms with Gasteiger partial charge < -0.3 is 14.4 Å². The molecule has 1 aliphatic heterocycles. The maximum atomic E-state index is 12.8. The highest BCUT2D eigenvalue weighted by Crippen LogP contribution is 2.38. The Morgan fingerprint density at radius 3 is 2.58 bits per heavy atom. The first-order valence-electron chi connectivity index (χ1n) is 8.46. The van der Waals surface area contributed by atoms with Gasteiger partial charge in [-0.25, -0.2) is 0 Å². The molecular weight excluding hydrogens is 322 g/mol. The summed E-state index contributed by atoms with van der Waals surface area (Å²) >= 11 is 1.55. The highest BCUT2D eigenvalue weighted by molar-refractivity contribution is 7.17. The summed E-state index contributed by atoms with van der Waals surface area (Å²) in [6, 6.07) is 10.6. The van der Waals surface area contributed by atoms with Gasteiger partial charge in [0.15, 0.2) is 11.5 Å². The van der Waals surface area contributed by atoms with E-state index < -0.39 is 0 Å². The van der Waals surface area contributed by atoms with Crippen molar-refractivity contribution in [2.24, 2.45) is 0 Å². The number of benzene rings is 1. The first-order valence-corrected chi connectivity index (χ1v) is 9.27. The maximum Gasteiger partial charge on any atom is 0.264 e. The molecule has 0 bridgehead atoms. The van der Waals surface area contributed by atoms with Crippen LogP contribution in [0, 0.1) is 0 Å². The van der Waals surface area contributed by atoms with E-state index in [9.17, 15) is 4.79 Å². The van der Waals surface area contributed by atoms with Crippen LogP contribution in [-0.2, 0) is 0 Å². The van der Waals surface area contributed by atoms with Crippen LogP contribution >= 0.6 is 11.3 Å². The molecule has 0 N–H and O–H groups in total. The summed E-state index contributed by atoms with van der Waals surface area (Å²) in [6.07, 6.45) is 2.26. The van der Waals surface area contributed by atoms with Crippen molar-refractivity contribution in [1.29, 1.82) is 0 Å². The van der Waals surface area contributed by atoms with Crippen LogP contribution in [0.3, 0.4) is 0 Å². The van der Waals surface area contributed by atoms with E-state index >= 15 is 0 Å². The normalized spacial score (nSPS) is 16.3. The predicted octanol–water partition coefficient (Wildman–Crippen LogP) is 4.20. The second-order valence-electron chi connectivity index (χ2n) is 6.56. The van der Waals surface area contributed by atoms with Crippen LogP contribution in [0.1, 0.15) is 36.4 Å². The molecule has 1 aromatic heterocycles. The van der Waals surface area contributed by atoms with E-state index in [0.717, 1.165) is 39.7 Å². The van der Waals surface area contributed by atoms with Crippen molar-refractivity contribution < 1.29 is 14.3 Å². The summed E-state index contributed by atoms with van der Waals surface area (Å²) in [5.41, 5.74) is 1.06. The summed E-state index contributed by atoms with van der Waals surface area (Å²) in [5.74, 6) is 1.72. The molecule has 2 aromatic rings. The predicted molar refractivity (Wildman–Crippen MR) is 95.1 cm³/mol. The van der Waals surface area contributed by atoms with E-state index in [2.05, 4.69) is 13.8 Å².